The largest absolute Gasteiger partial charge is 0.460 e. The Bertz CT molecular complexity index is 1790. The van der Waals surface area contributed by atoms with E-state index in [0.29, 0.717) is 44.1 Å². The zero-order valence-electron chi connectivity index (χ0n) is 42.4. The number of esters is 1. The Kier molecular flexibility index (Phi) is 25.4. The quantitative estimate of drug-likeness (QED) is 0.178. The number of aliphatic hydroxyl groups is 3. The van der Waals surface area contributed by atoms with E-state index in [1.165, 1.54) is 7.11 Å². The predicted molar refractivity (Wildman–Crippen MR) is 257 cm³/mol. The van der Waals surface area contributed by atoms with E-state index in [0.717, 1.165) is 16.9 Å². The molecule has 0 bridgehead atoms. The summed E-state index contributed by atoms with van der Waals surface area (Å²) in [5.74, 6) is -6.83. The van der Waals surface area contributed by atoms with E-state index in [-0.39, 0.29) is 93.4 Å². The minimum absolute atomic E-state index is 0.0117. The lowest BCUT2D eigenvalue weighted by Gasteiger charge is -2.38. The Labute approximate surface area is 405 Å². The highest BCUT2D eigenvalue weighted by Crippen LogP contribution is 2.35. The number of amides is 1. The first-order valence-electron chi connectivity index (χ1n) is 24.8. The molecule has 14 atom stereocenters. The number of piperidine rings is 1. The second kappa shape index (κ2) is 29.5. The van der Waals surface area contributed by atoms with Gasteiger partial charge in [0.2, 0.25) is 5.78 Å². The Balaban J connectivity index is 1.98. The number of rotatable bonds is 9. The second-order valence-corrected chi connectivity index (χ2v) is 19.8. The molecular weight excluding hydrogens is 875 g/mol. The van der Waals surface area contributed by atoms with Crippen LogP contribution in [0, 0.1) is 35.5 Å². The maximum atomic E-state index is 14.3. The molecule has 68 heavy (non-hydrogen) atoms. The highest BCUT2D eigenvalue weighted by atomic mass is 16.5. The maximum Gasteiger partial charge on any atom is 0.329 e. The number of cyclic esters (lactones) is 1. The summed E-state index contributed by atoms with van der Waals surface area (Å²) in [5.41, 5.74) is 1.15. The van der Waals surface area contributed by atoms with E-state index in [4.69, 9.17) is 23.7 Å². The van der Waals surface area contributed by atoms with Crippen LogP contribution in [0.5, 0.6) is 0 Å². The van der Waals surface area contributed by atoms with Crippen LogP contribution in [0.15, 0.2) is 47.6 Å². The van der Waals surface area contributed by atoms with Crippen molar-refractivity contribution in [1.29, 1.82) is 0 Å². The van der Waals surface area contributed by atoms with Crippen molar-refractivity contribution in [2.45, 2.75) is 174 Å². The first-order valence-corrected chi connectivity index (χ1v) is 24.8. The average molecular weight is 958 g/mol. The summed E-state index contributed by atoms with van der Waals surface area (Å²) >= 11 is 0. The molecule has 3 aliphatic rings. The van der Waals surface area contributed by atoms with Crippen molar-refractivity contribution in [3.05, 3.63) is 47.6 Å². The number of Topliss-reactive ketones (excluding diaryl/α,β-unsaturated/α-hetero) is 4. The van der Waals surface area contributed by atoms with Crippen molar-refractivity contribution < 1.29 is 67.8 Å². The third-order valence-corrected chi connectivity index (χ3v) is 14.2. The van der Waals surface area contributed by atoms with Gasteiger partial charge in [0.1, 0.15) is 18.2 Å². The number of hydrogen-bond acceptors (Lipinski definition) is 14. The number of allylic oxidation sites excluding steroid dienone is 6. The average Bonchev–Trinajstić information content (AvgIpc) is 3.32. The van der Waals surface area contributed by atoms with Gasteiger partial charge in [-0.25, -0.2) is 4.79 Å². The number of carbonyl (C=O) groups is 6. The van der Waals surface area contributed by atoms with Gasteiger partial charge < -0.3 is 43.9 Å². The number of aliphatic hydroxyl groups excluding tert-OH is 3. The molecule has 0 aromatic heterocycles. The fourth-order valence-corrected chi connectivity index (χ4v) is 9.89. The summed E-state index contributed by atoms with van der Waals surface area (Å²) < 4.78 is 29.1. The molecule has 1 saturated carbocycles. The molecule has 384 valence electrons. The lowest BCUT2D eigenvalue weighted by atomic mass is 9.78. The van der Waals surface area contributed by atoms with Crippen LogP contribution >= 0.6 is 0 Å². The van der Waals surface area contributed by atoms with Crippen LogP contribution in [0.3, 0.4) is 0 Å². The molecule has 0 aromatic rings. The number of ether oxygens (including phenoxy) is 5. The Morgan fingerprint density at radius 1 is 0.809 bits per heavy atom. The number of hydrogen-bond donors (Lipinski definition) is 3. The molecule has 0 radical (unpaired) electrons. The minimum Gasteiger partial charge on any atom is -0.460 e. The van der Waals surface area contributed by atoms with Gasteiger partial charge in [-0.3, -0.25) is 24.0 Å². The number of carbonyl (C=O) groups excluding carboxylic acids is 6. The molecular formula is C53H83NO14. The summed E-state index contributed by atoms with van der Waals surface area (Å²) in [6.07, 6.45) is 10.8. The van der Waals surface area contributed by atoms with Gasteiger partial charge in [0.05, 0.1) is 43.7 Å². The Hall–Kier alpha value is -3.70. The molecule has 2 fully saturated rings. The molecule has 2 aliphatic heterocycles. The number of ketones is 4. The Morgan fingerprint density at radius 3 is 2.19 bits per heavy atom. The molecule has 1 saturated heterocycles. The summed E-state index contributed by atoms with van der Waals surface area (Å²) in [7, 11) is 4.53. The summed E-state index contributed by atoms with van der Waals surface area (Å²) in [6, 6.07) is -1.16. The van der Waals surface area contributed by atoms with Crippen LogP contribution in [-0.4, -0.2) is 145 Å². The van der Waals surface area contributed by atoms with Crippen LogP contribution in [0.2, 0.25) is 0 Å². The molecule has 0 spiro atoms. The van der Waals surface area contributed by atoms with Crippen molar-refractivity contribution >= 4 is 35.0 Å². The number of methoxy groups -OCH3 is 3. The third-order valence-electron chi connectivity index (χ3n) is 14.2. The van der Waals surface area contributed by atoms with Crippen molar-refractivity contribution in [2.75, 3.05) is 41.1 Å². The van der Waals surface area contributed by atoms with E-state index < -0.39 is 77.8 Å². The van der Waals surface area contributed by atoms with Gasteiger partial charge in [0, 0.05) is 58.5 Å². The van der Waals surface area contributed by atoms with Crippen molar-refractivity contribution in [3.63, 3.8) is 0 Å². The SMILES string of the molecule is CO[C@H]1C[C@@H](O)CC[C@@H](C)C(=O)C(=O)C(=O)N2CCCC[C@H]2C(=O)O[C@H]([C@H](C)C[C@@H]2CC[C@@H](OCCO)[C@H](OC)C2)CC(=O)C(C)=CC(C)[C@@H](O)[C@@H](OC)C(=O)[C@H](C)C[C@H](C)C=CC=CC=C1C. The molecule has 1 amide bonds. The highest BCUT2D eigenvalue weighted by Gasteiger charge is 2.42. The van der Waals surface area contributed by atoms with Crippen molar-refractivity contribution in [2.24, 2.45) is 35.5 Å². The zero-order chi connectivity index (χ0) is 50.7. The summed E-state index contributed by atoms with van der Waals surface area (Å²) in [6.45, 7) is 12.6. The lowest BCUT2D eigenvalue weighted by molar-refractivity contribution is -0.166. The van der Waals surface area contributed by atoms with Crippen LogP contribution in [0.25, 0.3) is 0 Å². The predicted octanol–water partition coefficient (Wildman–Crippen LogP) is 6.04. The fourth-order valence-electron chi connectivity index (χ4n) is 9.89. The topological polar surface area (TPSA) is 212 Å². The van der Waals surface area contributed by atoms with Crippen molar-refractivity contribution in [1.82, 2.24) is 4.90 Å². The Morgan fingerprint density at radius 2 is 1.53 bits per heavy atom. The van der Waals surface area contributed by atoms with Crippen molar-refractivity contribution in [3.8, 4) is 0 Å². The van der Waals surface area contributed by atoms with Gasteiger partial charge in [-0.15, -0.1) is 0 Å². The monoisotopic (exact) mass is 958 g/mol. The van der Waals surface area contributed by atoms with Gasteiger partial charge >= 0.3 is 5.97 Å². The molecule has 15 heteroatoms. The van der Waals surface area contributed by atoms with Gasteiger partial charge in [-0.05, 0) is 107 Å². The molecule has 1 unspecified atom stereocenters. The third kappa shape index (κ3) is 17.6. The summed E-state index contributed by atoms with van der Waals surface area (Å²) in [4.78, 5) is 84.1. The van der Waals surface area contributed by atoms with E-state index in [1.54, 1.807) is 48.0 Å². The molecule has 3 rings (SSSR count). The number of nitrogens with zero attached hydrogens (tertiary/aromatic N) is 1. The van der Waals surface area contributed by atoms with Gasteiger partial charge in [-0.1, -0.05) is 71.1 Å². The molecule has 2 heterocycles. The van der Waals surface area contributed by atoms with Crippen LogP contribution in [0.1, 0.15) is 126 Å². The van der Waals surface area contributed by atoms with E-state index in [1.807, 2.05) is 51.2 Å². The highest BCUT2D eigenvalue weighted by molar-refractivity contribution is 6.63. The second-order valence-electron chi connectivity index (χ2n) is 19.8. The van der Waals surface area contributed by atoms with E-state index in [2.05, 4.69) is 0 Å². The van der Waals surface area contributed by atoms with Crippen LogP contribution in [0.4, 0.5) is 0 Å². The molecule has 0 aromatic carbocycles. The first kappa shape index (κ1) is 58.6. The first-order chi connectivity index (χ1) is 32.3. The van der Waals surface area contributed by atoms with Crippen LogP contribution < -0.4 is 0 Å². The molecule has 1 aliphatic carbocycles. The maximum absolute atomic E-state index is 14.3. The zero-order valence-corrected chi connectivity index (χ0v) is 42.4. The lowest BCUT2D eigenvalue weighted by Crippen LogP contribution is -2.53. The van der Waals surface area contributed by atoms with Crippen LogP contribution in [-0.2, 0) is 52.5 Å². The fraction of sp³-hybridized carbons (Fsp3) is 0.736. The van der Waals surface area contributed by atoms with Gasteiger partial charge in [-0.2, -0.15) is 0 Å². The molecule has 15 nitrogen and oxygen atoms in total. The number of fused-ring (bicyclic) bond motifs is 1. The smallest absolute Gasteiger partial charge is 0.329 e. The summed E-state index contributed by atoms with van der Waals surface area (Å²) in [5, 5.41) is 31.8. The van der Waals surface area contributed by atoms with E-state index in [9.17, 15) is 44.1 Å². The standard InChI is InChI=1S/C53H83NO14/c1-32-16-12-11-13-17-33(2)44(64-8)30-40(56)21-19-34(3)47(58)50(61)52(62)54-23-15-14-18-41(54)53(63)68-45(36(5)28-39-20-22-43(67-25-24-55)46(29-39)65-9)31-42(57)35(4)27-38(7)49(60)51(66-10)48(59)37(6)26-32/h11-13,16-17,27,32,34,36-41,43-46,49,51,55-56,60H,14-15,18-26,28-31H2,1-10H3/t32-,34-,36-,37-,38?,39+,40+,41+,43-,44+,45+,46-,49-,51+/m1/s1. The van der Waals surface area contributed by atoms with Gasteiger partial charge in [0.25, 0.3) is 11.7 Å². The molecule has 3 N–H and O–H groups in total. The minimum atomic E-state index is -1.27. The van der Waals surface area contributed by atoms with E-state index >= 15 is 0 Å². The normalized spacial score (nSPS) is 34.1. The van der Waals surface area contributed by atoms with Gasteiger partial charge in [0.15, 0.2) is 11.6 Å².